The Morgan fingerprint density at radius 3 is 2.52 bits per heavy atom. The topological polar surface area (TPSA) is 72.9 Å². The number of nitrogens with one attached hydrogen (secondary N) is 1. The van der Waals surface area contributed by atoms with E-state index in [4.69, 9.17) is 0 Å². The van der Waals surface area contributed by atoms with Crippen molar-refractivity contribution < 1.29 is 22.3 Å². The number of aliphatic hydroxyl groups is 1. The van der Waals surface area contributed by atoms with Crippen LogP contribution in [0.3, 0.4) is 0 Å². The van der Waals surface area contributed by atoms with Crippen molar-refractivity contribution in [1.82, 2.24) is 9.73 Å². The van der Waals surface area contributed by atoms with E-state index in [2.05, 4.69) is 18.4 Å². The molecule has 1 heterocycles. The van der Waals surface area contributed by atoms with Gasteiger partial charge in [0.15, 0.2) is 0 Å². The molecule has 1 fully saturated rings. The molecular weight excluding hydrogens is 532 g/mol. The van der Waals surface area contributed by atoms with Gasteiger partial charge in [0.05, 0.1) is 17.0 Å². The number of anilines is 1. The quantitative estimate of drug-likeness (QED) is 0.443. The summed E-state index contributed by atoms with van der Waals surface area (Å²) in [6, 6.07) is 11.8. The molecule has 2 N–H and O–H groups in total. The number of hydrogen-bond donors (Lipinski definition) is 2. The van der Waals surface area contributed by atoms with E-state index in [1.807, 2.05) is 11.2 Å². The van der Waals surface area contributed by atoms with Crippen molar-refractivity contribution in [3.8, 4) is 0 Å². The van der Waals surface area contributed by atoms with E-state index >= 15 is 0 Å². The molecule has 0 radical (unpaired) electrons. The van der Waals surface area contributed by atoms with Crippen LogP contribution >= 0.6 is 0 Å². The second kappa shape index (κ2) is 10.4. The molecule has 1 saturated carbocycles. The van der Waals surface area contributed by atoms with Gasteiger partial charge >= 0.3 is 0 Å². The molecule has 40 heavy (non-hydrogen) atoms. The summed E-state index contributed by atoms with van der Waals surface area (Å²) in [7, 11) is -4.18. The number of hydrazine groups is 1. The molecule has 0 bridgehead atoms. The second-order valence-corrected chi connectivity index (χ2v) is 13.4. The van der Waals surface area contributed by atoms with Gasteiger partial charge in [0.25, 0.3) is 0 Å². The Bertz CT molecular complexity index is 1490. The van der Waals surface area contributed by atoms with Crippen molar-refractivity contribution in [3.63, 3.8) is 0 Å². The molecule has 9 heteroatoms. The van der Waals surface area contributed by atoms with E-state index in [0.717, 1.165) is 49.1 Å². The third kappa shape index (κ3) is 4.88. The highest BCUT2D eigenvalue weighted by molar-refractivity contribution is 7.89. The number of allylic oxidation sites excluding steroid dienone is 3. The standard InChI is InChI=1S/C31H35F2N3O3S/c1-21-26-18-34-36(25-13-11-24(32)12-14-25)28(26)17-22-9-10-23(30(21)22)19-35(20-31(37)15-5-2-6-16-31)40(38,39)29-8-4-3-7-27(29)33/h3-4,7-8,11-14,17-18,21,23,34,37H,2,5-6,9-10,15-16,19-20H2,1H3/t21-,23+/m0/s1. The van der Waals surface area contributed by atoms with Crippen molar-refractivity contribution in [1.29, 1.82) is 0 Å². The minimum absolute atomic E-state index is 0.0382. The third-order valence-electron chi connectivity index (χ3n) is 8.92. The van der Waals surface area contributed by atoms with Crippen molar-refractivity contribution in [2.75, 3.05) is 18.1 Å². The molecule has 212 valence electrons. The van der Waals surface area contributed by atoms with Gasteiger partial charge in [-0.2, -0.15) is 4.31 Å². The lowest BCUT2D eigenvalue weighted by Gasteiger charge is -2.38. The largest absolute Gasteiger partial charge is 0.389 e. The molecule has 2 aromatic rings. The fourth-order valence-electron chi connectivity index (χ4n) is 6.89. The monoisotopic (exact) mass is 567 g/mol. The maximum atomic E-state index is 14.8. The van der Waals surface area contributed by atoms with Crippen LogP contribution < -0.4 is 10.4 Å². The molecule has 6 rings (SSSR count). The SMILES string of the molecule is C[C@H]1C2=CNN(c3ccc(F)cc3)C2=CC2=C1[C@@H](CN(CC1(O)CCCCC1)S(=O)(=O)c1ccccc1F)CC2. The average molecular weight is 568 g/mol. The van der Waals surface area contributed by atoms with Gasteiger partial charge in [-0.15, -0.1) is 0 Å². The molecule has 0 saturated heterocycles. The van der Waals surface area contributed by atoms with Crippen LogP contribution in [0.1, 0.15) is 51.9 Å². The Morgan fingerprint density at radius 2 is 1.80 bits per heavy atom. The maximum absolute atomic E-state index is 14.8. The fourth-order valence-corrected chi connectivity index (χ4v) is 8.52. The van der Waals surface area contributed by atoms with Crippen LogP contribution in [-0.2, 0) is 10.0 Å². The van der Waals surface area contributed by atoms with Crippen molar-refractivity contribution in [3.05, 3.63) is 94.9 Å². The van der Waals surface area contributed by atoms with Crippen LogP contribution in [-0.4, -0.2) is 36.5 Å². The Balaban J connectivity index is 1.32. The van der Waals surface area contributed by atoms with Gasteiger partial charge in [-0.1, -0.05) is 43.9 Å². The fraction of sp³-hybridized carbons (Fsp3) is 0.419. The molecule has 6 nitrogen and oxygen atoms in total. The lowest BCUT2D eigenvalue weighted by molar-refractivity contribution is -0.0118. The predicted octanol–water partition coefficient (Wildman–Crippen LogP) is 5.80. The number of benzene rings is 2. The summed E-state index contributed by atoms with van der Waals surface area (Å²) in [5.41, 5.74) is 7.47. The Kier molecular flexibility index (Phi) is 7.09. The van der Waals surface area contributed by atoms with Crippen LogP contribution in [0.15, 0.2) is 88.1 Å². The first-order valence-electron chi connectivity index (χ1n) is 14.1. The highest BCUT2D eigenvalue weighted by Gasteiger charge is 2.42. The van der Waals surface area contributed by atoms with Crippen LogP contribution in [0.4, 0.5) is 14.5 Å². The smallest absolute Gasteiger partial charge is 0.246 e. The lowest BCUT2D eigenvalue weighted by Crippen LogP contribution is -2.48. The molecule has 4 aliphatic rings. The average Bonchev–Trinajstić information content (AvgIpc) is 3.54. The van der Waals surface area contributed by atoms with Crippen molar-refractivity contribution >= 4 is 15.7 Å². The molecule has 2 aromatic carbocycles. The van der Waals surface area contributed by atoms with Crippen LogP contribution in [0.25, 0.3) is 0 Å². The Labute approximate surface area is 234 Å². The van der Waals surface area contributed by atoms with Gasteiger partial charge in [-0.3, -0.25) is 5.01 Å². The normalized spacial score (nSPS) is 24.0. The molecule has 2 atom stereocenters. The third-order valence-corrected chi connectivity index (χ3v) is 10.8. The first-order chi connectivity index (χ1) is 19.2. The molecule has 0 amide bonds. The number of rotatable bonds is 7. The van der Waals surface area contributed by atoms with Crippen molar-refractivity contribution in [2.45, 2.75) is 62.4 Å². The van der Waals surface area contributed by atoms with E-state index in [1.54, 1.807) is 12.1 Å². The van der Waals surface area contributed by atoms with E-state index in [1.165, 1.54) is 51.8 Å². The number of nitrogens with zero attached hydrogens (tertiary/aromatic N) is 2. The van der Waals surface area contributed by atoms with Gasteiger partial charge in [-0.25, -0.2) is 17.2 Å². The minimum atomic E-state index is -4.18. The predicted molar refractivity (Wildman–Crippen MR) is 150 cm³/mol. The minimum Gasteiger partial charge on any atom is -0.389 e. The molecule has 0 spiro atoms. The van der Waals surface area contributed by atoms with Gasteiger partial charge in [-0.05, 0) is 79.6 Å². The van der Waals surface area contributed by atoms with Gasteiger partial charge < -0.3 is 10.5 Å². The van der Waals surface area contributed by atoms with Crippen LogP contribution in [0, 0.1) is 23.5 Å². The highest BCUT2D eigenvalue weighted by Crippen LogP contribution is 2.48. The Hall–Kier alpha value is -3.01. The first-order valence-corrected chi connectivity index (χ1v) is 15.5. The Morgan fingerprint density at radius 1 is 1.07 bits per heavy atom. The summed E-state index contributed by atoms with van der Waals surface area (Å²) in [5.74, 6) is -1.09. The van der Waals surface area contributed by atoms with Gasteiger partial charge in [0, 0.05) is 30.8 Å². The summed E-state index contributed by atoms with van der Waals surface area (Å²) in [6.07, 6.45) is 9.47. The zero-order valence-corrected chi connectivity index (χ0v) is 23.4. The van der Waals surface area contributed by atoms with Gasteiger partial charge in [0.2, 0.25) is 10.0 Å². The number of fused-ring (bicyclic) bond motifs is 1. The van der Waals surface area contributed by atoms with Crippen LogP contribution in [0.2, 0.25) is 0 Å². The first kappa shape index (κ1) is 27.2. The zero-order chi connectivity index (χ0) is 28.1. The molecule has 0 aromatic heterocycles. The maximum Gasteiger partial charge on any atom is 0.246 e. The van der Waals surface area contributed by atoms with E-state index in [-0.39, 0.29) is 35.6 Å². The summed E-state index contributed by atoms with van der Waals surface area (Å²) in [5, 5.41) is 13.3. The highest BCUT2D eigenvalue weighted by atomic mass is 32.2. The number of sulfonamides is 1. The zero-order valence-electron chi connectivity index (χ0n) is 22.6. The van der Waals surface area contributed by atoms with Crippen molar-refractivity contribution in [2.24, 2.45) is 11.8 Å². The molecular formula is C31H35F2N3O3S. The molecule has 3 aliphatic carbocycles. The van der Waals surface area contributed by atoms with E-state index in [9.17, 15) is 22.3 Å². The van der Waals surface area contributed by atoms with Crippen LogP contribution in [0.5, 0.6) is 0 Å². The summed E-state index contributed by atoms with van der Waals surface area (Å²) in [4.78, 5) is -0.349. The molecule has 0 unspecified atom stereocenters. The lowest BCUT2D eigenvalue weighted by atomic mass is 9.80. The number of hydrogen-bond acceptors (Lipinski definition) is 5. The number of halogens is 2. The van der Waals surface area contributed by atoms with E-state index in [0.29, 0.717) is 12.8 Å². The summed E-state index contributed by atoms with van der Waals surface area (Å²) >= 11 is 0. The van der Waals surface area contributed by atoms with Gasteiger partial charge in [0.1, 0.15) is 16.5 Å². The van der Waals surface area contributed by atoms with E-state index < -0.39 is 21.4 Å². The summed E-state index contributed by atoms with van der Waals surface area (Å²) < 4.78 is 57.4. The second-order valence-electron chi connectivity index (χ2n) is 11.5. The summed E-state index contributed by atoms with van der Waals surface area (Å²) in [6.45, 7) is 2.28. The molecule has 1 aliphatic heterocycles.